The topological polar surface area (TPSA) is 103 Å². The Kier molecular flexibility index (Phi) is 5.54. The van der Waals surface area contributed by atoms with E-state index in [1.54, 1.807) is 37.7 Å². The van der Waals surface area contributed by atoms with Crippen molar-refractivity contribution < 1.29 is 19.4 Å². The Labute approximate surface area is 166 Å². The van der Waals surface area contributed by atoms with E-state index in [2.05, 4.69) is 5.32 Å². The molecule has 1 heterocycles. The largest absolute Gasteiger partial charge is 0.507 e. The molecular weight excluding hydrogens is 374 g/mol. The lowest BCUT2D eigenvalue weighted by molar-refractivity contribution is 0.0523. The Hall–Kier alpha value is -3.81. The van der Waals surface area contributed by atoms with Crippen LogP contribution in [0.3, 0.4) is 0 Å². The van der Waals surface area contributed by atoms with Gasteiger partial charge < -0.3 is 15.2 Å². The van der Waals surface area contributed by atoms with Crippen LogP contribution in [0, 0.1) is 6.92 Å². The second-order valence-corrected chi connectivity index (χ2v) is 6.34. The van der Waals surface area contributed by atoms with Crippen molar-refractivity contribution in [2.75, 3.05) is 11.9 Å². The summed E-state index contributed by atoms with van der Waals surface area (Å²) in [4.78, 5) is 37.6. The van der Waals surface area contributed by atoms with E-state index in [0.29, 0.717) is 11.4 Å². The molecule has 0 spiro atoms. The first-order chi connectivity index (χ1) is 13.8. The van der Waals surface area contributed by atoms with Gasteiger partial charge in [0, 0.05) is 12.6 Å². The maximum atomic E-state index is 12.9. The number of amides is 1. The highest BCUT2D eigenvalue weighted by Crippen LogP contribution is 2.21. The summed E-state index contributed by atoms with van der Waals surface area (Å²) >= 11 is 0. The minimum atomic E-state index is -0.734. The normalized spacial score (nSPS) is 10.6. The predicted octanol–water partition coefficient (Wildman–Crippen LogP) is 2.62. The molecule has 0 aliphatic carbocycles. The number of aromatic nitrogens is 2. The van der Waals surface area contributed by atoms with E-state index < -0.39 is 11.9 Å². The summed E-state index contributed by atoms with van der Waals surface area (Å²) < 4.78 is 7.98. The smallest absolute Gasteiger partial charge is 0.341 e. The number of phenols is 1. The fraction of sp³-hybridized carbons (Fsp3) is 0.190. The van der Waals surface area contributed by atoms with Gasteiger partial charge in [-0.3, -0.25) is 14.3 Å². The summed E-state index contributed by atoms with van der Waals surface area (Å²) in [5, 5.41) is 12.5. The Morgan fingerprint density at radius 2 is 1.83 bits per heavy atom. The Morgan fingerprint density at radius 1 is 1.14 bits per heavy atom. The van der Waals surface area contributed by atoms with Crippen LogP contribution in [-0.4, -0.2) is 33.0 Å². The highest BCUT2D eigenvalue weighted by molar-refractivity contribution is 6.06. The van der Waals surface area contributed by atoms with Gasteiger partial charge in [-0.1, -0.05) is 18.2 Å². The van der Waals surface area contributed by atoms with Gasteiger partial charge in [-0.15, -0.1) is 0 Å². The van der Waals surface area contributed by atoms with E-state index in [9.17, 15) is 19.5 Å². The molecule has 8 nitrogen and oxygen atoms in total. The third-order valence-corrected chi connectivity index (χ3v) is 4.55. The van der Waals surface area contributed by atoms with Crippen molar-refractivity contribution in [1.29, 1.82) is 0 Å². The first-order valence-electron chi connectivity index (χ1n) is 9.00. The Bertz CT molecular complexity index is 1130. The number of carbonyl (C=O) groups is 2. The molecule has 0 radical (unpaired) electrons. The fourth-order valence-electron chi connectivity index (χ4n) is 2.95. The number of hydrogen-bond acceptors (Lipinski definition) is 5. The number of nitrogens with one attached hydrogen (secondary N) is 1. The number of anilines is 1. The molecule has 0 aliphatic rings. The van der Waals surface area contributed by atoms with Crippen molar-refractivity contribution in [2.45, 2.75) is 13.8 Å². The number of phenolic OH excluding ortho intramolecular Hbond substituents is 1. The zero-order valence-electron chi connectivity index (χ0n) is 16.3. The van der Waals surface area contributed by atoms with Gasteiger partial charge in [-0.05, 0) is 44.2 Å². The van der Waals surface area contributed by atoms with Gasteiger partial charge in [0.25, 0.3) is 11.5 Å². The van der Waals surface area contributed by atoms with Crippen LogP contribution in [0.25, 0.3) is 5.69 Å². The number of esters is 1. The van der Waals surface area contributed by atoms with Crippen molar-refractivity contribution in [3.63, 3.8) is 0 Å². The monoisotopic (exact) mass is 395 g/mol. The SMILES string of the molecule is CCOC(=O)c1cc(C(=O)Nc2c(C)n(C)n(-c3ccccc3)c2=O)ccc1O. The molecule has 2 N–H and O–H groups in total. The van der Waals surface area contributed by atoms with Gasteiger partial charge >= 0.3 is 5.97 Å². The molecule has 150 valence electrons. The molecule has 0 saturated heterocycles. The number of ether oxygens (including phenoxy) is 1. The van der Waals surface area contributed by atoms with Crippen LogP contribution in [0.2, 0.25) is 0 Å². The number of aromatic hydroxyl groups is 1. The lowest BCUT2D eigenvalue weighted by Crippen LogP contribution is -2.23. The van der Waals surface area contributed by atoms with Crippen LogP contribution in [0.15, 0.2) is 53.3 Å². The molecule has 0 fully saturated rings. The van der Waals surface area contributed by atoms with Crippen LogP contribution in [-0.2, 0) is 11.8 Å². The molecule has 1 amide bonds. The van der Waals surface area contributed by atoms with Crippen molar-refractivity contribution in [3.8, 4) is 11.4 Å². The summed E-state index contributed by atoms with van der Waals surface area (Å²) in [6.07, 6.45) is 0. The zero-order chi connectivity index (χ0) is 21.1. The number of para-hydroxylation sites is 1. The van der Waals surface area contributed by atoms with Gasteiger partial charge in [0.2, 0.25) is 0 Å². The lowest BCUT2D eigenvalue weighted by atomic mass is 10.1. The minimum absolute atomic E-state index is 0.111. The van der Waals surface area contributed by atoms with Crippen LogP contribution in [0.4, 0.5) is 5.69 Å². The Balaban J connectivity index is 1.96. The van der Waals surface area contributed by atoms with Crippen LogP contribution < -0.4 is 10.9 Å². The second-order valence-electron chi connectivity index (χ2n) is 6.34. The number of nitrogens with zero attached hydrogens (tertiary/aromatic N) is 2. The van der Waals surface area contributed by atoms with Gasteiger partial charge in [0.1, 0.15) is 17.0 Å². The fourth-order valence-corrected chi connectivity index (χ4v) is 2.95. The average molecular weight is 395 g/mol. The lowest BCUT2D eigenvalue weighted by Gasteiger charge is -2.08. The van der Waals surface area contributed by atoms with E-state index in [4.69, 9.17) is 4.74 Å². The molecule has 1 aromatic heterocycles. The molecule has 0 aliphatic heterocycles. The summed E-state index contributed by atoms with van der Waals surface area (Å²) in [6.45, 7) is 3.50. The molecule has 0 bridgehead atoms. The van der Waals surface area contributed by atoms with Gasteiger partial charge in [-0.25, -0.2) is 9.48 Å². The minimum Gasteiger partial charge on any atom is -0.507 e. The van der Waals surface area contributed by atoms with Gasteiger partial charge in [0.15, 0.2) is 0 Å². The van der Waals surface area contributed by atoms with Crippen LogP contribution >= 0.6 is 0 Å². The summed E-state index contributed by atoms with van der Waals surface area (Å²) in [7, 11) is 1.72. The number of rotatable bonds is 5. The van der Waals surface area contributed by atoms with Gasteiger partial charge in [-0.2, -0.15) is 0 Å². The summed E-state index contributed by atoms with van der Waals surface area (Å²) in [5.74, 6) is -1.61. The molecule has 2 aromatic carbocycles. The zero-order valence-corrected chi connectivity index (χ0v) is 16.3. The average Bonchev–Trinajstić information content (AvgIpc) is 2.92. The highest BCUT2D eigenvalue weighted by Gasteiger charge is 2.20. The first kappa shape index (κ1) is 19.9. The van der Waals surface area contributed by atoms with Crippen LogP contribution in [0.1, 0.15) is 33.3 Å². The van der Waals surface area contributed by atoms with Crippen molar-refractivity contribution in [1.82, 2.24) is 9.36 Å². The molecular formula is C21H21N3O5. The first-order valence-corrected chi connectivity index (χ1v) is 9.00. The molecule has 29 heavy (non-hydrogen) atoms. The molecule has 3 aromatic rings. The van der Waals surface area contributed by atoms with Crippen molar-refractivity contribution >= 4 is 17.6 Å². The van der Waals surface area contributed by atoms with Crippen molar-refractivity contribution in [2.24, 2.45) is 7.05 Å². The third-order valence-electron chi connectivity index (χ3n) is 4.55. The molecule has 3 rings (SSSR count). The molecule has 0 unspecified atom stereocenters. The van der Waals surface area contributed by atoms with E-state index in [1.807, 2.05) is 18.2 Å². The molecule has 8 heteroatoms. The Morgan fingerprint density at radius 3 is 2.48 bits per heavy atom. The van der Waals surface area contributed by atoms with Crippen molar-refractivity contribution in [3.05, 3.63) is 75.7 Å². The van der Waals surface area contributed by atoms with E-state index in [1.165, 1.54) is 22.9 Å². The third kappa shape index (κ3) is 3.77. The van der Waals surface area contributed by atoms with E-state index in [0.717, 1.165) is 0 Å². The number of benzene rings is 2. The molecule has 0 atom stereocenters. The summed E-state index contributed by atoms with van der Waals surface area (Å²) in [6, 6.07) is 12.9. The number of carbonyl (C=O) groups excluding carboxylic acids is 2. The quantitative estimate of drug-likeness (QED) is 0.647. The summed E-state index contributed by atoms with van der Waals surface area (Å²) in [5.41, 5.74) is 0.973. The number of hydrogen-bond donors (Lipinski definition) is 2. The van der Waals surface area contributed by atoms with E-state index in [-0.39, 0.29) is 34.7 Å². The van der Waals surface area contributed by atoms with E-state index >= 15 is 0 Å². The standard InChI is InChI=1S/C21H21N3O5/c1-4-29-21(28)16-12-14(10-11-17(16)25)19(26)22-18-13(2)23(3)24(20(18)27)15-8-6-5-7-9-15/h5-12,25H,4H2,1-3H3,(H,22,26). The maximum Gasteiger partial charge on any atom is 0.341 e. The second kappa shape index (κ2) is 8.05. The predicted molar refractivity (Wildman–Crippen MR) is 108 cm³/mol. The maximum absolute atomic E-state index is 12.9. The van der Waals surface area contributed by atoms with Gasteiger partial charge in [0.05, 0.1) is 18.0 Å². The molecule has 0 saturated carbocycles. The highest BCUT2D eigenvalue weighted by atomic mass is 16.5. The van der Waals surface area contributed by atoms with Crippen LogP contribution in [0.5, 0.6) is 5.75 Å².